The van der Waals surface area contributed by atoms with Crippen molar-refractivity contribution in [2.45, 2.75) is 26.2 Å². The minimum Gasteiger partial charge on any atom is -0.421 e. The van der Waals surface area contributed by atoms with Crippen LogP contribution < -0.4 is 10.5 Å². The lowest BCUT2D eigenvalue weighted by Gasteiger charge is -2.30. The summed E-state index contributed by atoms with van der Waals surface area (Å²) in [4.78, 5) is 14.7. The van der Waals surface area contributed by atoms with Crippen LogP contribution in [0.15, 0.2) is 51.7 Å². The summed E-state index contributed by atoms with van der Waals surface area (Å²) in [5.41, 5.74) is 2.03. The van der Waals surface area contributed by atoms with Crippen molar-refractivity contribution in [3.8, 4) is 17.4 Å². The van der Waals surface area contributed by atoms with E-state index in [4.69, 9.17) is 4.42 Å². The number of fused-ring (bicyclic) bond motifs is 1. The van der Waals surface area contributed by atoms with Gasteiger partial charge in [0.05, 0.1) is 5.69 Å². The van der Waals surface area contributed by atoms with E-state index in [9.17, 15) is 10.1 Å². The predicted octanol–water partition coefficient (Wildman–Crippen LogP) is 4.63. The van der Waals surface area contributed by atoms with Crippen LogP contribution in [0, 0.1) is 18.3 Å². The minimum absolute atomic E-state index is 0.119. The summed E-state index contributed by atoms with van der Waals surface area (Å²) in [7, 11) is 0. The van der Waals surface area contributed by atoms with Crippen molar-refractivity contribution in [2.24, 2.45) is 0 Å². The summed E-state index contributed by atoms with van der Waals surface area (Å²) in [6.07, 6.45) is 3.35. The Hall–Kier alpha value is -3.06. The predicted molar refractivity (Wildman–Crippen MR) is 103 cm³/mol. The van der Waals surface area contributed by atoms with Crippen molar-refractivity contribution in [2.75, 3.05) is 18.0 Å². The quantitative estimate of drug-likeness (QED) is 0.680. The SMILES string of the molecule is Cc1c(-c2ccc3ccccc3c2)oc(=O)c(C#N)c1N1CCCCC1. The van der Waals surface area contributed by atoms with Gasteiger partial charge in [-0.2, -0.15) is 5.26 Å². The van der Waals surface area contributed by atoms with Crippen molar-refractivity contribution >= 4 is 16.5 Å². The van der Waals surface area contributed by atoms with E-state index in [-0.39, 0.29) is 5.56 Å². The summed E-state index contributed by atoms with van der Waals surface area (Å²) < 4.78 is 5.59. The van der Waals surface area contributed by atoms with Crippen LogP contribution in [0.2, 0.25) is 0 Å². The summed E-state index contributed by atoms with van der Waals surface area (Å²) in [6.45, 7) is 3.69. The molecule has 2 aromatic carbocycles. The Morgan fingerprint density at radius 3 is 2.50 bits per heavy atom. The van der Waals surface area contributed by atoms with Crippen LogP contribution in [-0.4, -0.2) is 13.1 Å². The molecule has 26 heavy (non-hydrogen) atoms. The third kappa shape index (κ3) is 2.76. The van der Waals surface area contributed by atoms with Gasteiger partial charge in [0.2, 0.25) is 0 Å². The number of nitriles is 1. The largest absolute Gasteiger partial charge is 0.421 e. The molecule has 2 heterocycles. The molecule has 0 atom stereocenters. The fraction of sp³-hybridized carbons (Fsp3) is 0.273. The fourth-order valence-corrected chi connectivity index (χ4v) is 3.83. The Bertz CT molecular complexity index is 1070. The highest BCUT2D eigenvalue weighted by Gasteiger charge is 2.23. The maximum absolute atomic E-state index is 12.5. The first kappa shape index (κ1) is 16.4. The molecule has 1 fully saturated rings. The van der Waals surface area contributed by atoms with Crippen LogP contribution in [0.5, 0.6) is 0 Å². The molecular weight excluding hydrogens is 324 g/mol. The maximum Gasteiger partial charge on any atom is 0.356 e. The molecule has 3 aromatic rings. The molecule has 0 unspecified atom stereocenters. The molecule has 1 saturated heterocycles. The summed E-state index contributed by atoms with van der Waals surface area (Å²) in [5.74, 6) is 0.556. The Morgan fingerprint density at radius 1 is 1.04 bits per heavy atom. The number of hydrogen-bond acceptors (Lipinski definition) is 4. The van der Waals surface area contributed by atoms with Crippen molar-refractivity contribution in [1.82, 2.24) is 0 Å². The van der Waals surface area contributed by atoms with E-state index in [1.54, 1.807) is 0 Å². The lowest BCUT2D eigenvalue weighted by molar-refractivity contribution is 0.515. The van der Waals surface area contributed by atoms with Crippen molar-refractivity contribution < 1.29 is 4.42 Å². The molecule has 0 amide bonds. The monoisotopic (exact) mass is 344 g/mol. The first-order valence-electron chi connectivity index (χ1n) is 9.01. The highest BCUT2D eigenvalue weighted by Crippen LogP contribution is 2.34. The summed E-state index contributed by atoms with van der Waals surface area (Å²) in [5, 5.41) is 11.8. The van der Waals surface area contributed by atoms with Crippen molar-refractivity contribution in [1.29, 1.82) is 5.26 Å². The van der Waals surface area contributed by atoms with Gasteiger partial charge in [-0.15, -0.1) is 0 Å². The number of anilines is 1. The standard InChI is InChI=1S/C22H20N2O2/c1-15-20(24-11-5-2-6-12-24)19(14-23)22(25)26-21(15)18-10-9-16-7-3-4-8-17(16)13-18/h3-4,7-10,13H,2,5-6,11-12H2,1H3. The van der Waals surface area contributed by atoms with E-state index in [2.05, 4.69) is 17.0 Å². The summed E-state index contributed by atoms with van der Waals surface area (Å²) >= 11 is 0. The molecule has 0 spiro atoms. The van der Waals surface area contributed by atoms with Gasteiger partial charge in [0.15, 0.2) is 5.56 Å². The average molecular weight is 344 g/mol. The number of hydrogen-bond donors (Lipinski definition) is 0. The molecule has 1 aliphatic heterocycles. The molecule has 0 aliphatic carbocycles. The second-order valence-electron chi connectivity index (χ2n) is 6.79. The van der Waals surface area contributed by atoms with Crippen LogP contribution in [0.3, 0.4) is 0 Å². The molecular formula is C22H20N2O2. The highest BCUT2D eigenvalue weighted by molar-refractivity contribution is 5.87. The molecule has 0 bridgehead atoms. The number of benzene rings is 2. The van der Waals surface area contributed by atoms with Crippen LogP contribution in [0.4, 0.5) is 5.69 Å². The molecule has 0 radical (unpaired) electrons. The lowest BCUT2D eigenvalue weighted by atomic mass is 9.99. The Labute approximate surface area is 152 Å². The van der Waals surface area contributed by atoms with Gasteiger partial charge in [-0.3, -0.25) is 0 Å². The first-order chi connectivity index (χ1) is 12.7. The zero-order valence-electron chi connectivity index (χ0n) is 14.8. The topological polar surface area (TPSA) is 57.2 Å². The van der Waals surface area contributed by atoms with Crippen molar-refractivity contribution in [3.05, 3.63) is 64.0 Å². The van der Waals surface area contributed by atoms with E-state index >= 15 is 0 Å². The van der Waals surface area contributed by atoms with Crippen LogP contribution >= 0.6 is 0 Å². The Morgan fingerprint density at radius 2 is 1.77 bits per heavy atom. The molecule has 1 aliphatic rings. The van der Waals surface area contributed by atoms with E-state index in [0.717, 1.165) is 53.5 Å². The van der Waals surface area contributed by atoms with Gasteiger partial charge in [0.25, 0.3) is 0 Å². The second kappa shape index (κ2) is 6.68. The molecule has 130 valence electrons. The van der Waals surface area contributed by atoms with Gasteiger partial charge in [0.1, 0.15) is 11.8 Å². The van der Waals surface area contributed by atoms with Gasteiger partial charge >= 0.3 is 5.63 Å². The molecule has 4 rings (SSSR count). The number of nitrogens with zero attached hydrogens (tertiary/aromatic N) is 2. The Balaban J connectivity index is 1.92. The summed E-state index contributed by atoms with van der Waals surface area (Å²) in [6, 6.07) is 16.2. The van der Waals surface area contributed by atoms with Crippen LogP contribution in [0.25, 0.3) is 22.1 Å². The smallest absolute Gasteiger partial charge is 0.356 e. The first-order valence-corrected chi connectivity index (χ1v) is 9.01. The van der Waals surface area contributed by atoms with Crippen molar-refractivity contribution in [3.63, 3.8) is 0 Å². The number of rotatable bonds is 2. The highest BCUT2D eigenvalue weighted by atomic mass is 16.4. The molecule has 4 heteroatoms. The second-order valence-corrected chi connectivity index (χ2v) is 6.79. The van der Waals surface area contributed by atoms with E-state index in [0.29, 0.717) is 5.76 Å². The third-order valence-corrected chi connectivity index (χ3v) is 5.13. The van der Waals surface area contributed by atoms with Gasteiger partial charge in [-0.25, -0.2) is 4.79 Å². The zero-order chi connectivity index (χ0) is 18.1. The molecule has 4 nitrogen and oxygen atoms in total. The zero-order valence-corrected chi connectivity index (χ0v) is 14.8. The normalized spacial score (nSPS) is 14.4. The third-order valence-electron chi connectivity index (χ3n) is 5.13. The molecule has 0 saturated carbocycles. The number of piperidine rings is 1. The van der Waals surface area contributed by atoms with Gasteiger partial charge in [-0.05, 0) is 43.0 Å². The van der Waals surface area contributed by atoms with E-state index in [1.165, 1.54) is 6.42 Å². The van der Waals surface area contributed by atoms with Gasteiger partial charge in [0, 0.05) is 24.2 Å². The maximum atomic E-state index is 12.5. The minimum atomic E-state index is -0.554. The van der Waals surface area contributed by atoms with Crippen LogP contribution in [-0.2, 0) is 0 Å². The molecule has 1 aromatic heterocycles. The average Bonchev–Trinajstić information content (AvgIpc) is 2.69. The Kier molecular flexibility index (Phi) is 4.22. The lowest BCUT2D eigenvalue weighted by Crippen LogP contribution is -2.32. The van der Waals surface area contributed by atoms with E-state index in [1.807, 2.05) is 43.3 Å². The molecule has 0 N–H and O–H groups in total. The van der Waals surface area contributed by atoms with Gasteiger partial charge in [-0.1, -0.05) is 36.4 Å². The fourth-order valence-electron chi connectivity index (χ4n) is 3.83. The van der Waals surface area contributed by atoms with Crippen LogP contribution in [0.1, 0.15) is 30.4 Å². The van der Waals surface area contributed by atoms with E-state index < -0.39 is 5.63 Å². The van der Waals surface area contributed by atoms with Gasteiger partial charge < -0.3 is 9.32 Å².